The van der Waals surface area contributed by atoms with Crippen LogP contribution in [0.15, 0.2) is 0 Å². The van der Waals surface area contributed by atoms with Crippen LogP contribution in [0.3, 0.4) is 0 Å². The van der Waals surface area contributed by atoms with Gasteiger partial charge in [-0.1, -0.05) is 0 Å². The minimum Gasteiger partial charge on any atom is -0.467 e. The molecule has 8 nitrogen and oxygen atoms in total. The third-order valence-corrected chi connectivity index (χ3v) is 4.25. The van der Waals surface area contributed by atoms with Gasteiger partial charge >= 0.3 is 12.1 Å². The van der Waals surface area contributed by atoms with Gasteiger partial charge in [0.05, 0.1) is 19.5 Å². The molecule has 1 atom stereocenters. The number of rotatable bonds is 5. The lowest BCUT2D eigenvalue weighted by Crippen LogP contribution is -2.49. The summed E-state index contributed by atoms with van der Waals surface area (Å²) in [6.45, 7) is 5.19. The van der Waals surface area contributed by atoms with Gasteiger partial charge in [0, 0.05) is 0 Å². The molecule has 140 valence electrons. The van der Waals surface area contributed by atoms with Crippen molar-refractivity contribution in [3.8, 4) is 0 Å². The Morgan fingerprint density at radius 2 is 1.67 bits per heavy atom. The number of ether oxygens (including phenoxy) is 2. The highest BCUT2D eigenvalue weighted by atomic mass is 32.2. The zero-order chi connectivity index (χ0) is 18.5. The first-order valence-corrected chi connectivity index (χ1v) is 9.68. The Kier molecular flexibility index (Phi) is 7.03. The Labute approximate surface area is 143 Å². The molecule has 1 rings (SSSR count). The average Bonchev–Trinajstić information content (AvgIpc) is 2.41. The molecule has 1 N–H and O–H groups in total. The van der Waals surface area contributed by atoms with Crippen LogP contribution in [0, 0.1) is 5.92 Å². The van der Waals surface area contributed by atoms with Crippen molar-refractivity contribution < 1.29 is 31.7 Å². The van der Waals surface area contributed by atoms with E-state index < -0.39 is 39.9 Å². The molecule has 0 aromatic heterocycles. The van der Waals surface area contributed by atoms with Crippen molar-refractivity contribution in [1.82, 2.24) is 5.32 Å². The van der Waals surface area contributed by atoms with E-state index in [1.54, 1.807) is 20.8 Å². The number of methoxy groups -OCH3 is 1. The first-order valence-electron chi connectivity index (χ1n) is 7.87. The van der Waals surface area contributed by atoms with Gasteiger partial charge in [-0.2, -0.15) is 8.42 Å². The van der Waals surface area contributed by atoms with Crippen LogP contribution < -0.4 is 5.32 Å². The summed E-state index contributed by atoms with van der Waals surface area (Å²) in [6, 6.07) is -0.830. The summed E-state index contributed by atoms with van der Waals surface area (Å²) in [5.74, 6) is -0.710. The second-order valence-corrected chi connectivity index (χ2v) is 8.58. The van der Waals surface area contributed by atoms with Crippen LogP contribution in [-0.2, 0) is 28.6 Å². The Hall–Kier alpha value is -1.35. The summed E-state index contributed by atoms with van der Waals surface area (Å²) in [4.78, 5) is 23.9. The highest BCUT2D eigenvalue weighted by molar-refractivity contribution is 7.86. The molecule has 0 heterocycles. The van der Waals surface area contributed by atoms with Crippen molar-refractivity contribution in [2.75, 3.05) is 13.4 Å². The van der Waals surface area contributed by atoms with E-state index in [-0.39, 0.29) is 5.92 Å². The number of carbonyl (C=O) groups is 2. The summed E-state index contributed by atoms with van der Waals surface area (Å²) < 4.78 is 37.3. The second kappa shape index (κ2) is 8.15. The van der Waals surface area contributed by atoms with Gasteiger partial charge in [0.2, 0.25) is 0 Å². The van der Waals surface area contributed by atoms with Gasteiger partial charge < -0.3 is 14.8 Å². The standard InChI is InChI=1S/C15H27NO7S/c1-15(2,3)22-14(18)16-12(13(17)21-4)10-6-8-11(9-7-10)23-24(5,19)20/h10-12H,6-9H2,1-5H3,(H,16,18). The molecular formula is C15H27NO7S. The van der Waals surface area contributed by atoms with Gasteiger partial charge in [0.15, 0.2) is 0 Å². The van der Waals surface area contributed by atoms with E-state index in [4.69, 9.17) is 13.7 Å². The number of nitrogens with one attached hydrogen (secondary N) is 1. The van der Waals surface area contributed by atoms with Gasteiger partial charge in [0.25, 0.3) is 10.1 Å². The average molecular weight is 365 g/mol. The van der Waals surface area contributed by atoms with Crippen LogP contribution in [0.4, 0.5) is 4.79 Å². The predicted molar refractivity (Wildman–Crippen MR) is 86.8 cm³/mol. The summed E-state index contributed by atoms with van der Waals surface area (Å²) in [6.07, 6.45) is 1.98. The Morgan fingerprint density at radius 3 is 2.08 bits per heavy atom. The molecule has 1 amide bonds. The number of hydrogen-bond donors (Lipinski definition) is 1. The van der Waals surface area contributed by atoms with Crippen molar-refractivity contribution in [1.29, 1.82) is 0 Å². The van der Waals surface area contributed by atoms with Gasteiger partial charge in [0.1, 0.15) is 11.6 Å². The van der Waals surface area contributed by atoms with Crippen LogP contribution in [0.1, 0.15) is 46.5 Å². The maximum atomic E-state index is 12.0. The molecule has 0 spiro atoms. The third-order valence-electron chi connectivity index (χ3n) is 3.63. The van der Waals surface area contributed by atoms with Gasteiger partial charge in [-0.25, -0.2) is 9.59 Å². The van der Waals surface area contributed by atoms with E-state index in [0.717, 1.165) is 6.26 Å². The Bertz CT molecular complexity index is 545. The fraction of sp³-hybridized carbons (Fsp3) is 0.867. The highest BCUT2D eigenvalue weighted by Gasteiger charge is 2.36. The van der Waals surface area contributed by atoms with E-state index in [9.17, 15) is 18.0 Å². The molecule has 0 bridgehead atoms. The molecule has 0 aromatic rings. The summed E-state index contributed by atoms with van der Waals surface area (Å²) >= 11 is 0. The maximum absolute atomic E-state index is 12.0. The van der Waals surface area contributed by atoms with Crippen molar-refractivity contribution in [3.05, 3.63) is 0 Å². The zero-order valence-corrected chi connectivity index (χ0v) is 15.6. The van der Waals surface area contributed by atoms with Crippen LogP contribution in [0.5, 0.6) is 0 Å². The number of carbonyl (C=O) groups excluding carboxylic acids is 2. The lowest BCUT2D eigenvalue weighted by atomic mass is 9.82. The Balaban J connectivity index is 2.67. The van der Waals surface area contributed by atoms with E-state index in [2.05, 4.69) is 5.32 Å². The molecule has 1 fully saturated rings. The highest BCUT2D eigenvalue weighted by Crippen LogP contribution is 2.30. The van der Waals surface area contributed by atoms with E-state index in [0.29, 0.717) is 25.7 Å². The lowest BCUT2D eigenvalue weighted by Gasteiger charge is -2.32. The van der Waals surface area contributed by atoms with Crippen molar-refractivity contribution in [2.24, 2.45) is 5.92 Å². The molecule has 0 saturated heterocycles. The van der Waals surface area contributed by atoms with Gasteiger partial charge in [-0.05, 0) is 52.4 Å². The number of hydrogen-bond acceptors (Lipinski definition) is 7. The van der Waals surface area contributed by atoms with Crippen molar-refractivity contribution in [2.45, 2.75) is 64.2 Å². The van der Waals surface area contributed by atoms with E-state index >= 15 is 0 Å². The van der Waals surface area contributed by atoms with E-state index in [1.807, 2.05) is 0 Å². The first kappa shape index (κ1) is 20.7. The summed E-state index contributed by atoms with van der Waals surface area (Å²) in [7, 11) is -2.25. The van der Waals surface area contributed by atoms with Crippen molar-refractivity contribution >= 4 is 22.2 Å². The third kappa shape index (κ3) is 7.48. The molecule has 9 heteroatoms. The number of esters is 1. The first-order chi connectivity index (χ1) is 10.9. The van der Waals surface area contributed by atoms with E-state index in [1.165, 1.54) is 7.11 Å². The number of alkyl carbamates (subject to hydrolysis) is 1. The monoisotopic (exact) mass is 365 g/mol. The normalized spacial score (nSPS) is 23.2. The van der Waals surface area contributed by atoms with Crippen LogP contribution in [0.25, 0.3) is 0 Å². The van der Waals surface area contributed by atoms with Crippen molar-refractivity contribution in [3.63, 3.8) is 0 Å². The van der Waals surface area contributed by atoms with Gasteiger partial charge in [-0.3, -0.25) is 4.18 Å². The summed E-state index contributed by atoms with van der Waals surface area (Å²) in [5, 5.41) is 2.56. The molecule has 1 aliphatic rings. The Morgan fingerprint density at radius 1 is 1.12 bits per heavy atom. The van der Waals surface area contributed by atoms with Crippen LogP contribution in [0.2, 0.25) is 0 Å². The summed E-state index contributed by atoms with van der Waals surface area (Å²) in [5.41, 5.74) is -0.675. The topological polar surface area (TPSA) is 108 Å². The quantitative estimate of drug-likeness (QED) is 0.582. The fourth-order valence-corrected chi connectivity index (χ4v) is 3.38. The fourth-order valence-electron chi connectivity index (χ4n) is 2.70. The zero-order valence-electron chi connectivity index (χ0n) is 14.8. The smallest absolute Gasteiger partial charge is 0.408 e. The number of amides is 1. The van der Waals surface area contributed by atoms with Crippen LogP contribution in [-0.4, -0.2) is 51.6 Å². The molecule has 1 unspecified atom stereocenters. The SMILES string of the molecule is COC(=O)C(NC(=O)OC(C)(C)C)C1CCC(OS(C)(=O)=O)CC1. The molecular weight excluding hydrogens is 338 g/mol. The molecule has 0 radical (unpaired) electrons. The molecule has 1 saturated carbocycles. The predicted octanol–water partition coefficient (Wildman–Crippen LogP) is 1.59. The largest absolute Gasteiger partial charge is 0.467 e. The minimum atomic E-state index is -3.50. The minimum absolute atomic E-state index is 0.163. The lowest BCUT2D eigenvalue weighted by molar-refractivity contribution is -0.145. The maximum Gasteiger partial charge on any atom is 0.408 e. The molecule has 1 aliphatic carbocycles. The van der Waals surface area contributed by atoms with Gasteiger partial charge in [-0.15, -0.1) is 0 Å². The molecule has 0 aliphatic heterocycles. The van der Waals surface area contributed by atoms with Crippen LogP contribution >= 0.6 is 0 Å². The molecule has 0 aromatic carbocycles. The molecule has 24 heavy (non-hydrogen) atoms. The second-order valence-electron chi connectivity index (χ2n) is 6.98.